The highest BCUT2D eigenvalue weighted by Crippen LogP contribution is 2.14. The van der Waals surface area contributed by atoms with E-state index in [4.69, 9.17) is 0 Å². The monoisotopic (exact) mass is 350 g/mol. The highest BCUT2D eigenvalue weighted by atomic mass is 16.2. The van der Waals surface area contributed by atoms with E-state index in [-0.39, 0.29) is 11.8 Å². The summed E-state index contributed by atoms with van der Waals surface area (Å²) >= 11 is 0. The van der Waals surface area contributed by atoms with Gasteiger partial charge in [-0.3, -0.25) is 9.59 Å². The largest absolute Gasteiger partial charge is 0.341 e. The van der Waals surface area contributed by atoms with Gasteiger partial charge in [-0.05, 0) is 43.0 Å². The predicted octanol–water partition coefficient (Wildman–Crippen LogP) is 3.22. The lowest BCUT2D eigenvalue weighted by atomic mass is 10.1. The molecule has 1 fully saturated rings. The Kier molecular flexibility index (Phi) is 5.71. The van der Waals surface area contributed by atoms with Gasteiger partial charge in [-0.2, -0.15) is 0 Å². The Balaban J connectivity index is 1.63. The van der Waals surface area contributed by atoms with Gasteiger partial charge in [-0.15, -0.1) is 0 Å². The SMILES string of the molecule is Cc1ccccc1CC(=O)N1CCCN(C(=O)c2ccccc2C)CC1. The first-order valence-electron chi connectivity index (χ1n) is 9.23. The summed E-state index contributed by atoms with van der Waals surface area (Å²) in [5.74, 6) is 0.209. The molecule has 0 aromatic heterocycles. The van der Waals surface area contributed by atoms with Gasteiger partial charge in [0.05, 0.1) is 6.42 Å². The van der Waals surface area contributed by atoms with Crippen molar-refractivity contribution in [1.82, 2.24) is 9.80 Å². The molecular formula is C22H26N2O2. The zero-order valence-corrected chi connectivity index (χ0v) is 15.6. The lowest BCUT2D eigenvalue weighted by molar-refractivity contribution is -0.130. The van der Waals surface area contributed by atoms with E-state index < -0.39 is 0 Å². The Morgan fingerprint density at radius 1 is 0.808 bits per heavy atom. The van der Waals surface area contributed by atoms with Crippen molar-refractivity contribution >= 4 is 11.8 Å². The van der Waals surface area contributed by atoms with Gasteiger partial charge in [0.25, 0.3) is 5.91 Å². The van der Waals surface area contributed by atoms with Gasteiger partial charge in [-0.1, -0.05) is 42.5 Å². The van der Waals surface area contributed by atoms with Crippen molar-refractivity contribution in [2.24, 2.45) is 0 Å². The van der Waals surface area contributed by atoms with Gasteiger partial charge >= 0.3 is 0 Å². The van der Waals surface area contributed by atoms with Crippen LogP contribution in [0.5, 0.6) is 0 Å². The van der Waals surface area contributed by atoms with Crippen LogP contribution in [0, 0.1) is 13.8 Å². The predicted molar refractivity (Wildman–Crippen MR) is 103 cm³/mol. The van der Waals surface area contributed by atoms with Crippen LogP contribution in [0.15, 0.2) is 48.5 Å². The Morgan fingerprint density at radius 2 is 1.42 bits per heavy atom. The number of nitrogens with zero attached hydrogens (tertiary/aromatic N) is 2. The molecule has 136 valence electrons. The zero-order valence-electron chi connectivity index (χ0n) is 15.6. The second-order valence-corrected chi connectivity index (χ2v) is 6.94. The highest BCUT2D eigenvalue weighted by Gasteiger charge is 2.23. The van der Waals surface area contributed by atoms with Gasteiger partial charge in [0.1, 0.15) is 0 Å². The van der Waals surface area contributed by atoms with Crippen LogP contribution < -0.4 is 0 Å². The quantitative estimate of drug-likeness (QED) is 0.853. The number of benzene rings is 2. The molecule has 1 saturated heterocycles. The van der Waals surface area contributed by atoms with Gasteiger partial charge in [0, 0.05) is 31.7 Å². The van der Waals surface area contributed by atoms with E-state index in [0.717, 1.165) is 28.7 Å². The van der Waals surface area contributed by atoms with Crippen LogP contribution in [-0.2, 0) is 11.2 Å². The third-order valence-electron chi connectivity index (χ3n) is 5.11. The maximum atomic E-state index is 12.8. The molecule has 1 aliphatic rings. The van der Waals surface area contributed by atoms with Crippen LogP contribution >= 0.6 is 0 Å². The van der Waals surface area contributed by atoms with Crippen molar-refractivity contribution in [3.8, 4) is 0 Å². The van der Waals surface area contributed by atoms with Crippen LogP contribution in [0.4, 0.5) is 0 Å². The second kappa shape index (κ2) is 8.17. The fraction of sp³-hybridized carbons (Fsp3) is 0.364. The minimum Gasteiger partial charge on any atom is -0.341 e. The summed E-state index contributed by atoms with van der Waals surface area (Å²) in [4.78, 5) is 29.3. The van der Waals surface area contributed by atoms with Crippen molar-refractivity contribution in [3.63, 3.8) is 0 Å². The van der Waals surface area contributed by atoms with E-state index >= 15 is 0 Å². The fourth-order valence-corrected chi connectivity index (χ4v) is 3.44. The maximum Gasteiger partial charge on any atom is 0.254 e. The maximum absolute atomic E-state index is 12.8. The van der Waals surface area contributed by atoms with E-state index in [2.05, 4.69) is 0 Å². The number of carbonyl (C=O) groups is 2. The summed E-state index contributed by atoms with van der Waals surface area (Å²) in [5.41, 5.74) is 3.98. The molecule has 0 aliphatic carbocycles. The lowest BCUT2D eigenvalue weighted by Gasteiger charge is -2.23. The van der Waals surface area contributed by atoms with Crippen LogP contribution in [0.1, 0.15) is 33.5 Å². The zero-order chi connectivity index (χ0) is 18.5. The Labute approximate surface area is 155 Å². The molecule has 26 heavy (non-hydrogen) atoms. The van der Waals surface area contributed by atoms with Crippen LogP contribution in [0.2, 0.25) is 0 Å². The van der Waals surface area contributed by atoms with Crippen molar-refractivity contribution in [1.29, 1.82) is 0 Å². The number of aryl methyl sites for hydroxylation is 2. The molecule has 0 atom stereocenters. The number of hydrogen-bond donors (Lipinski definition) is 0. The molecule has 0 bridgehead atoms. The summed E-state index contributed by atoms with van der Waals surface area (Å²) in [7, 11) is 0. The second-order valence-electron chi connectivity index (χ2n) is 6.94. The fourth-order valence-electron chi connectivity index (χ4n) is 3.44. The van der Waals surface area contributed by atoms with Gasteiger partial charge < -0.3 is 9.80 Å². The Hall–Kier alpha value is -2.62. The molecule has 2 aromatic carbocycles. The minimum atomic E-state index is 0.0660. The first-order valence-corrected chi connectivity index (χ1v) is 9.23. The molecular weight excluding hydrogens is 324 g/mol. The smallest absolute Gasteiger partial charge is 0.254 e. The lowest BCUT2D eigenvalue weighted by Crippen LogP contribution is -2.38. The van der Waals surface area contributed by atoms with Crippen molar-refractivity contribution < 1.29 is 9.59 Å². The summed E-state index contributed by atoms with van der Waals surface area (Å²) < 4.78 is 0. The standard InChI is InChI=1S/C22H26N2O2/c1-17-8-3-5-10-19(17)16-21(25)23-12-7-13-24(15-14-23)22(26)20-11-6-4-9-18(20)2/h3-6,8-11H,7,12-16H2,1-2H3. The molecule has 0 unspecified atom stereocenters. The topological polar surface area (TPSA) is 40.6 Å². The molecule has 2 aromatic rings. The molecule has 1 aliphatic heterocycles. The molecule has 3 rings (SSSR count). The van der Waals surface area contributed by atoms with E-state index in [1.807, 2.05) is 72.2 Å². The average molecular weight is 350 g/mol. The van der Waals surface area contributed by atoms with E-state index in [1.54, 1.807) is 0 Å². The van der Waals surface area contributed by atoms with Crippen LogP contribution in [0.3, 0.4) is 0 Å². The number of carbonyl (C=O) groups excluding carboxylic acids is 2. The number of hydrogen-bond acceptors (Lipinski definition) is 2. The first kappa shape index (κ1) is 18.2. The number of rotatable bonds is 3. The molecule has 0 saturated carbocycles. The van der Waals surface area contributed by atoms with E-state index in [1.165, 1.54) is 0 Å². The summed E-state index contributed by atoms with van der Waals surface area (Å²) in [6, 6.07) is 15.7. The van der Waals surface area contributed by atoms with Crippen molar-refractivity contribution in [3.05, 3.63) is 70.8 Å². The van der Waals surface area contributed by atoms with Crippen LogP contribution in [-0.4, -0.2) is 47.8 Å². The first-order chi connectivity index (χ1) is 12.6. The van der Waals surface area contributed by atoms with E-state index in [0.29, 0.717) is 32.6 Å². The normalized spacial score (nSPS) is 14.8. The molecule has 0 spiro atoms. The molecule has 4 nitrogen and oxygen atoms in total. The Morgan fingerprint density at radius 3 is 2.15 bits per heavy atom. The third kappa shape index (κ3) is 4.13. The number of amides is 2. The molecule has 4 heteroatoms. The van der Waals surface area contributed by atoms with Crippen LogP contribution in [0.25, 0.3) is 0 Å². The molecule has 1 heterocycles. The van der Waals surface area contributed by atoms with E-state index in [9.17, 15) is 9.59 Å². The molecule has 0 radical (unpaired) electrons. The van der Waals surface area contributed by atoms with Gasteiger partial charge in [-0.25, -0.2) is 0 Å². The minimum absolute atomic E-state index is 0.0660. The summed E-state index contributed by atoms with van der Waals surface area (Å²) in [6.07, 6.45) is 1.25. The van der Waals surface area contributed by atoms with Gasteiger partial charge in [0.2, 0.25) is 5.91 Å². The third-order valence-corrected chi connectivity index (χ3v) is 5.11. The molecule has 2 amide bonds. The highest BCUT2D eigenvalue weighted by molar-refractivity contribution is 5.95. The summed E-state index contributed by atoms with van der Waals surface area (Å²) in [6.45, 7) is 6.59. The van der Waals surface area contributed by atoms with Crippen molar-refractivity contribution in [2.75, 3.05) is 26.2 Å². The summed E-state index contributed by atoms with van der Waals surface area (Å²) in [5, 5.41) is 0. The van der Waals surface area contributed by atoms with Crippen molar-refractivity contribution in [2.45, 2.75) is 26.7 Å². The average Bonchev–Trinajstić information content (AvgIpc) is 2.90. The Bertz CT molecular complexity index is 800. The van der Waals surface area contributed by atoms with Gasteiger partial charge in [0.15, 0.2) is 0 Å². The molecule has 0 N–H and O–H groups in total.